The van der Waals surface area contributed by atoms with Crippen molar-refractivity contribution >= 4 is 0 Å². The Hall–Kier alpha value is -0.0800. The summed E-state index contributed by atoms with van der Waals surface area (Å²) in [6.07, 6.45) is 0. The molecule has 1 rings (SSSR count). The van der Waals surface area contributed by atoms with E-state index in [4.69, 9.17) is 0 Å². The van der Waals surface area contributed by atoms with Crippen LogP contribution < -0.4 is 5.32 Å². The van der Waals surface area contributed by atoms with E-state index >= 15 is 0 Å². The summed E-state index contributed by atoms with van der Waals surface area (Å²) in [6.45, 7) is 15.9. The number of nitrogens with one attached hydrogen (secondary N) is 1. The van der Waals surface area contributed by atoms with E-state index in [1.807, 2.05) is 6.92 Å². The topological polar surface area (TPSA) is 32.3 Å². The Bertz CT molecular complexity index is 227. The molecule has 2 nitrogen and oxygen atoms in total. The summed E-state index contributed by atoms with van der Waals surface area (Å²) >= 11 is 0. The van der Waals surface area contributed by atoms with Crippen molar-refractivity contribution in [3.63, 3.8) is 0 Å². The van der Waals surface area contributed by atoms with E-state index in [2.05, 4.69) is 46.9 Å². The minimum Gasteiger partial charge on any atom is -0.389 e. The van der Waals surface area contributed by atoms with Gasteiger partial charge in [-0.1, -0.05) is 41.5 Å². The summed E-state index contributed by atoms with van der Waals surface area (Å²) in [6, 6.07) is 0.523. The molecule has 1 aliphatic carbocycles. The molecule has 0 heterocycles. The van der Waals surface area contributed by atoms with Gasteiger partial charge in [0.15, 0.2) is 0 Å². The van der Waals surface area contributed by atoms with E-state index in [-0.39, 0.29) is 5.92 Å². The van der Waals surface area contributed by atoms with E-state index in [1.165, 1.54) is 0 Å². The van der Waals surface area contributed by atoms with Crippen LogP contribution in [0.1, 0.15) is 48.5 Å². The smallest absolute Gasteiger partial charge is 0.0766 e. The normalized spacial score (nSPS) is 27.8. The predicted molar refractivity (Wildman–Crippen MR) is 64.8 cm³/mol. The van der Waals surface area contributed by atoms with Crippen LogP contribution in [-0.4, -0.2) is 23.3 Å². The second-order valence-electron chi connectivity index (χ2n) is 6.77. The zero-order valence-electron chi connectivity index (χ0n) is 11.3. The predicted octanol–water partition coefficient (Wildman–Crippen LogP) is 2.42. The average Bonchev–Trinajstić information content (AvgIpc) is 2.40. The first-order chi connectivity index (χ1) is 6.53. The average molecular weight is 213 g/mol. The van der Waals surface area contributed by atoms with Gasteiger partial charge in [-0.05, 0) is 23.7 Å². The molecule has 15 heavy (non-hydrogen) atoms. The molecule has 1 unspecified atom stereocenters. The van der Waals surface area contributed by atoms with Crippen molar-refractivity contribution in [2.75, 3.05) is 6.54 Å². The summed E-state index contributed by atoms with van der Waals surface area (Å²) in [7, 11) is 0. The molecule has 2 heteroatoms. The second kappa shape index (κ2) is 3.46. The molecule has 2 N–H and O–H groups in total. The Labute approximate surface area is 94.5 Å². The minimum absolute atomic E-state index is 0.287. The SMILES string of the molecule is CC(C)C(C)(O)CNC1C(C)(C)C1(C)C. The first-order valence-corrected chi connectivity index (χ1v) is 5.99. The van der Waals surface area contributed by atoms with Crippen molar-refractivity contribution < 1.29 is 5.11 Å². The summed E-state index contributed by atoms with van der Waals surface area (Å²) in [5.74, 6) is 0.287. The van der Waals surface area contributed by atoms with Crippen LogP contribution in [0.25, 0.3) is 0 Å². The van der Waals surface area contributed by atoms with Gasteiger partial charge >= 0.3 is 0 Å². The molecule has 0 aromatic carbocycles. The number of hydrogen-bond acceptors (Lipinski definition) is 2. The zero-order valence-corrected chi connectivity index (χ0v) is 11.3. The van der Waals surface area contributed by atoms with Gasteiger partial charge in [0.2, 0.25) is 0 Å². The highest BCUT2D eigenvalue weighted by Crippen LogP contribution is 2.62. The van der Waals surface area contributed by atoms with E-state index < -0.39 is 5.60 Å². The summed E-state index contributed by atoms with van der Waals surface area (Å²) in [5.41, 5.74) is 0.0921. The van der Waals surface area contributed by atoms with Gasteiger partial charge < -0.3 is 10.4 Å². The molecule has 90 valence electrons. The first kappa shape index (κ1) is 13.0. The molecule has 0 radical (unpaired) electrons. The van der Waals surface area contributed by atoms with Gasteiger partial charge in [0.05, 0.1) is 5.60 Å². The standard InChI is InChI=1S/C13H27NO/c1-9(2)13(7,15)8-14-10-11(3,4)12(10,5)6/h9-10,14-15H,8H2,1-7H3. The summed E-state index contributed by atoms with van der Waals surface area (Å²) in [4.78, 5) is 0. The third kappa shape index (κ3) is 2.07. The first-order valence-electron chi connectivity index (χ1n) is 5.99. The maximum Gasteiger partial charge on any atom is 0.0766 e. The van der Waals surface area contributed by atoms with Crippen LogP contribution in [0.15, 0.2) is 0 Å². The maximum absolute atomic E-state index is 10.1. The zero-order chi connectivity index (χ0) is 12.1. The molecule has 0 saturated heterocycles. The lowest BCUT2D eigenvalue weighted by Crippen LogP contribution is -2.44. The van der Waals surface area contributed by atoms with Gasteiger partial charge in [-0.3, -0.25) is 0 Å². The fourth-order valence-corrected chi connectivity index (χ4v) is 2.22. The molecule has 0 bridgehead atoms. The lowest BCUT2D eigenvalue weighted by atomic mass is 9.92. The molecule has 0 aromatic heterocycles. The Morgan fingerprint density at radius 1 is 1.20 bits per heavy atom. The van der Waals surface area contributed by atoms with Gasteiger partial charge in [0.1, 0.15) is 0 Å². The molecule has 0 aromatic rings. The van der Waals surface area contributed by atoms with E-state index in [1.54, 1.807) is 0 Å². The molecule has 1 atom stereocenters. The highest BCUT2D eigenvalue weighted by Gasteiger charge is 2.64. The third-order valence-electron chi connectivity index (χ3n) is 4.93. The van der Waals surface area contributed by atoms with Gasteiger partial charge in [-0.2, -0.15) is 0 Å². The highest BCUT2D eigenvalue weighted by molar-refractivity contribution is 5.18. The lowest BCUT2D eigenvalue weighted by Gasteiger charge is -2.28. The molecule has 1 fully saturated rings. The van der Waals surface area contributed by atoms with Gasteiger partial charge in [-0.15, -0.1) is 0 Å². The van der Waals surface area contributed by atoms with Gasteiger partial charge in [0.25, 0.3) is 0 Å². The van der Waals surface area contributed by atoms with Crippen LogP contribution in [0, 0.1) is 16.7 Å². The molecular weight excluding hydrogens is 186 g/mol. The third-order valence-corrected chi connectivity index (χ3v) is 4.93. The summed E-state index contributed by atoms with van der Waals surface area (Å²) < 4.78 is 0. The number of aliphatic hydroxyl groups is 1. The monoisotopic (exact) mass is 213 g/mol. The van der Waals surface area contributed by atoms with Crippen LogP contribution in [0.4, 0.5) is 0 Å². The molecule has 1 aliphatic rings. The van der Waals surface area contributed by atoms with Crippen molar-refractivity contribution in [3.8, 4) is 0 Å². The quantitative estimate of drug-likeness (QED) is 0.751. The van der Waals surface area contributed by atoms with Crippen molar-refractivity contribution in [2.45, 2.75) is 60.1 Å². The second-order valence-corrected chi connectivity index (χ2v) is 6.77. The van der Waals surface area contributed by atoms with Crippen molar-refractivity contribution in [1.82, 2.24) is 5.32 Å². The largest absolute Gasteiger partial charge is 0.389 e. The Morgan fingerprint density at radius 3 is 1.87 bits per heavy atom. The minimum atomic E-state index is -0.602. The Morgan fingerprint density at radius 2 is 1.60 bits per heavy atom. The maximum atomic E-state index is 10.1. The van der Waals surface area contributed by atoms with Crippen LogP contribution in [0.5, 0.6) is 0 Å². The van der Waals surface area contributed by atoms with Crippen molar-refractivity contribution in [3.05, 3.63) is 0 Å². The highest BCUT2D eigenvalue weighted by atomic mass is 16.3. The molecule has 1 saturated carbocycles. The van der Waals surface area contributed by atoms with Gasteiger partial charge in [-0.25, -0.2) is 0 Å². The van der Waals surface area contributed by atoms with E-state index in [0.717, 1.165) is 0 Å². The number of rotatable bonds is 4. The van der Waals surface area contributed by atoms with Crippen LogP contribution >= 0.6 is 0 Å². The lowest BCUT2D eigenvalue weighted by molar-refractivity contribution is 0.0129. The molecule has 0 amide bonds. The molecule has 0 spiro atoms. The Kier molecular flexibility index (Phi) is 2.99. The van der Waals surface area contributed by atoms with E-state index in [9.17, 15) is 5.11 Å². The summed E-state index contributed by atoms with van der Waals surface area (Å²) in [5, 5.41) is 13.7. The molecular formula is C13H27NO. The fraction of sp³-hybridized carbons (Fsp3) is 1.00. The van der Waals surface area contributed by atoms with Crippen molar-refractivity contribution in [2.24, 2.45) is 16.7 Å². The van der Waals surface area contributed by atoms with Gasteiger partial charge in [0, 0.05) is 12.6 Å². The van der Waals surface area contributed by atoms with E-state index in [0.29, 0.717) is 23.4 Å². The van der Waals surface area contributed by atoms with Crippen LogP contribution in [0.2, 0.25) is 0 Å². The van der Waals surface area contributed by atoms with Crippen molar-refractivity contribution in [1.29, 1.82) is 0 Å². The van der Waals surface area contributed by atoms with Crippen LogP contribution in [0.3, 0.4) is 0 Å². The molecule has 0 aliphatic heterocycles. The van der Waals surface area contributed by atoms with Crippen LogP contribution in [-0.2, 0) is 0 Å². The fourth-order valence-electron chi connectivity index (χ4n) is 2.22. The Balaban J connectivity index is 2.48. The number of hydrogen-bond donors (Lipinski definition) is 2.